The summed E-state index contributed by atoms with van der Waals surface area (Å²) < 4.78 is 1.81. The van der Waals surface area contributed by atoms with Gasteiger partial charge < -0.3 is 0 Å². The molecule has 0 fully saturated rings. The normalized spacial score (nSPS) is 19.6. The predicted molar refractivity (Wildman–Crippen MR) is 72.3 cm³/mol. The van der Waals surface area contributed by atoms with Crippen molar-refractivity contribution >= 4 is 27.2 Å². The second-order valence-corrected chi connectivity index (χ2v) is 6.17. The highest BCUT2D eigenvalue weighted by Gasteiger charge is 2.24. The Balaban J connectivity index is 2.19. The van der Waals surface area contributed by atoms with E-state index in [2.05, 4.69) is 22.0 Å². The highest BCUT2D eigenvalue weighted by atomic mass is 32.1. The van der Waals surface area contributed by atoms with Crippen molar-refractivity contribution in [2.45, 2.75) is 39.0 Å². The Bertz CT molecular complexity index is 755. The van der Waals surface area contributed by atoms with Gasteiger partial charge >= 0.3 is 0 Å². The van der Waals surface area contributed by atoms with Gasteiger partial charge in [-0.3, -0.25) is 0 Å². The van der Waals surface area contributed by atoms with E-state index >= 15 is 0 Å². The molecule has 1 aliphatic rings. The van der Waals surface area contributed by atoms with Crippen LogP contribution in [0.15, 0.2) is 6.33 Å². The largest absolute Gasteiger partial charge is 0.225 e. The maximum Gasteiger partial charge on any atom is 0.167 e. The Kier molecular flexibility index (Phi) is 2.03. The van der Waals surface area contributed by atoms with E-state index in [-0.39, 0.29) is 0 Å². The molecule has 3 heterocycles. The number of hydrogen-bond acceptors (Lipinski definition) is 4. The van der Waals surface area contributed by atoms with Crippen LogP contribution in [0.2, 0.25) is 0 Å². The van der Waals surface area contributed by atoms with Crippen LogP contribution in [0.1, 0.15) is 41.9 Å². The molecule has 3 aromatic heterocycles. The van der Waals surface area contributed by atoms with Crippen molar-refractivity contribution in [1.29, 1.82) is 0 Å². The van der Waals surface area contributed by atoms with Crippen LogP contribution in [0.25, 0.3) is 15.9 Å². The zero-order valence-electron chi connectivity index (χ0n) is 10.5. The third-order valence-electron chi connectivity index (χ3n) is 3.78. The number of hydrogen-bond donors (Lipinski definition) is 0. The summed E-state index contributed by atoms with van der Waals surface area (Å²) in [6, 6.07) is 0. The van der Waals surface area contributed by atoms with Gasteiger partial charge in [0.25, 0.3) is 0 Å². The molecule has 0 saturated carbocycles. The van der Waals surface area contributed by atoms with Crippen molar-refractivity contribution in [3.8, 4) is 0 Å². The lowest BCUT2D eigenvalue weighted by Gasteiger charge is -2.18. The molecule has 0 aromatic carbocycles. The molecule has 0 spiro atoms. The van der Waals surface area contributed by atoms with Crippen LogP contribution in [-0.4, -0.2) is 19.6 Å². The first-order chi connectivity index (χ1) is 8.74. The molecule has 4 nitrogen and oxygen atoms in total. The minimum Gasteiger partial charge on any atom is -0.225 e. The topological polar surface area (TPSA) is 43.1 Å². The molecule has 1 unspecified atom stereocenters. The van der Waals surface area contributed by atoms with Gasteiger partial charge in [-0.05, 0) is 37.7 Å². The lowest BCUT2D eigenvalue weighted by Crippen LogP contribution is -2.04. The molecule has 92 valence electrons. The van der Waals surface area contributed by atoms with E-state index < -0.39 is 0 Å². The lowest BCUT2D eigenvalue weighted by atomic mass is 9.87. The van der Waals surface area contributed by atoms with Gasteiger partial charge in [0, 0.05) is 4.88 Å². The van der Waals surface area contributed by atoms with E-state index in [4.69, 9.17) is 0 Å². The molecule has 5 heteroatoms. The van der Waals surface area contributed by atoms with E-state index in [0.717, 1.165) is 16.3 Å². The molecule has 0 aliphatic heterocycles. The van der Waals surface area contributed by atoms with Crippen LogP contribution in [-0.2, 0) is 6.42 Å². The van der Waals surface area contributed by atoms with Crippen molar-refractivity contribution in [2.75, 3.05) is 0 Å². The van der Waals surface area contributed by atoms with Gasteiger partial charge in [-0.15, -0.1) is 11.3 Å². The first-order valence-electron chi connectivity index (χ1n) is 6.37. The first kappa shape index (κ1) is 10.4. The fraction of sp³-hybridized carbons (Fsp3) is 0.462. The van der Waals surface area contributed by atoms with Gasteiger partial charge in [-0.2, -0.15) is 5.10 Å². The predicted octanol–water partition coefficient (Wildman–Crippen LogP) is 3.09. The average molecular weight is 258 g/mol. The smallest absolute Gasteiger partial charge is 0.167 e. The Hall–Kier alpha value is -1.49. The fourth-order valence-electron chi connectivity index (χ4n) is 2.99. The Morgan fingerprint density at radius 2 is 2.33 bits per heavy atom. The summed E-state index contributed by atoms with van der Waals surface area (Å²) in [6.45, 7) is 4.25. The standard InChI is InChI=1S/C13H14N4S/c1-7-4-3-5-9-10(7)11-12-15-8(2)16-17(12)6-14-13(11)18-9/h6-7H,3-5H2,1-2H3. The number of nitrogens with zero attached hydrogens (tertiary/aromatic N) is 4. The number of thiophene rings is 1. The van der Waals surface area contributed by atoms with E-state index in [9.17, 15) is 0 Å². The summed E-state index contributed by atoms with van der Waals surface area (Å²) in [5, 5.41) is 5.61. The van der Waals surface area contributed by atoms with Crippen LogP contribution in [0, 0.1) is 6.92 Å². The van der Waals surface area contributed by atoms with Crippen molar-refractivity contribution < 1.29 is 0 Å². The second-order valence-electron chi connectivity index (χ2n) is 5.08. The van der Waals surface area contributed by atoms with Crippen molar-refractivity contribution in [3.05, 3.63) is 22.6 Å². The molecule has 1 aliphatic carbocycles. The second kappa shape index (κ2) is 3.51. The van der Waals surface area contributed by atoms with E-state index in [1.807, 2.05) is 22.8 Å². The van der Waals surface area contributed by atoms with Crippen LogP contribution in [0.5, 0.6) is 0 Å². The number of fused-ring (bicyclic) bond motifs is 5. The average Bonchev–Trinajstić information content (AvgIpc) is 2.88. The maximum absolute atomic E-state index is 4.57. The molecule has 4 rings (SSSR count). The quantitative estimate of drug-likeness (QED) is 0.622. The highest BCUT2D eigenvalue weighted by molar-refractivity contribution is 7.19. The molecule has 0 N–H and O–H groups in total. The minimum atomic E-state index is 0.618. The summed E-state index contributed by atoms with van der Waals surface area (Å²) in [5.41, 5.74) is 2.45. The third kappa shape index (κ3) is 1.28. The van der Waals surface area contributed by atoms with E-state index in [1.165, 1.54) is 35.1 Å². The van der Waals surface area contributed by atoms with Gasteiger partial charge in [-0.1, -0.05) is 6.92 Å². The van der Waals surface area contributed by atoms with Crippen molar-refractivity contribution in [2.24, 2.45) is 0 Å². The zero-order chi connectivity index (χ0) is 12.3. The van der Waals surface area contributed by atoms with Crippen LogP contribution in [0.3, 0.4) is 0 Å². The summed E-state index contributed by atoms with van der Waals surface area (Å²) >= 11 is 1.84. The summed E-state index contributed by atoms with van der Waals surface area (Å²) in [7, 11) is 0. The molecule has 0 saturated heterocycles. The first-order valence-corrected chi connectivity index (χ1v) is 7.19. The van der Waals surface area contributed by atoms with Gasteiger partial charge in [0.15, 0.2) is 5.65 Å². The highest BCUT2D eigenvalue weighted by Crippen LogP contribution is 2.42. The van der Waals surface area contributed by atoms with E-state index in [0.29, 0.717) is 5.92 Å². The summed E-state index contributed by atoms with van der Waals surface area (Å²) in [6.07, 6.45) is 5.54. The van der Waals surface area contributed by atoms with Crippen LogP contribution >= 0.6 is 11.3 Å². The Labute approximate surface area is 109 Å². The van der Waals surface area contributed by atoms with Crippen molar-refractivity contribution in [3.63, 3.8) is 0 Å². The number of aryl methyl sites for hydroxylation is 2. The molecule has 1 atom stereocenters. The minimum absolute atomic E-state index is 0.618. The molecular weight excluding hydrogens is 244 g/mol. The Morgan fingerprint density at radius 3 is 3.22 bits per heavy atom. The van der Waals surface area contributed by atoms with Crippen LogP contribution < -0.4 is 0 Å². The number of aromatic nitrogens is 4. The molecule has 18 heavy (non-hydrogen) atoms. The monoisotopic (exact) mass is 258 g/mol. The van der Waals surface area contributed by atoms with Gasteiger partial charge in [0.2, 0.25) is 0 Å². The molecule has 0 radical (unpaired) electrons. The molecule has 3 aromatic rings. The van der Waals surface area contributed by atoms with Gasteiger partial charge in [-0.25, -0.2) is 14.5 Å². The number of rotatable bonds is 0. The Morgan fingerprint density at radius 1 is 1.44 bits per heavy atom. The molecular formula is C13H14N4S. The van der Waals surface area contributed by atoms with Gasteiger partial charge in [0.05, 0.1) is 5.39 Å². The lowest BCUT2D eigenvalue weighted by molar-refractivity contribution is 0.602. The SMILES string of the molecule is Cc1nc2c3c4c(sc3ncn2n1)CCCC4C. The van der Waals surface area contributed by atoms with E-state index in [1.54, 1.807) is 6.33 Å². The zero-order valence-corrected chi connectivity index (χ0v) is 11.3. The maximum atomic E-state index is 4.57. The third-order valence-corrected chi connectivity index (χ3v) is 4.96. The molecule has 0 bridgehead atoms. The summed E-state index contributed by atoms with van der Waals surface area (Å²) in [5.74, 6) is 1.43. The van der Waals surface area contributed by atoms with Crippen LogP contribution in [0.4, 0.5) is 0 Å². The molecule has 0 amide bonds. The van der Waals surface area contributed by atoms with Crippen molar-refractivity contribution in [1.82, 2.24) is 19.6 Å². The fourth-order valence-corrected chi connectivity index (χ4v) is 4.29. The summed E-state index contributed by atoms with van der Waals surface area (Å²) in [4.78, 5) is 11.7. The van der Waals surface area contributed by atoms with Gasteiger partial charge in [0.1, 0.15) is 17.0 Å².